The zero-order valence-electron chi connectivity index (χ0n) is 9.08. The second-order valence-corrected chi connectivity index (χ2v) is 5.00. The predicted molar refractivity (Wildman–Crippen MR) is 62.1 cm³/mol. The van der Waals surface area contributed by atoms with Crippen LogP contribution >= 0.6 is 0 Å². The summed E-state index contributed by atoms with van der Waals surface area (Å²) in [5.41, 5.74) is 0. The first-order valence-electron chi connectivity index (χ1n) is 4.87. The smallest absolute Gasteiger partial charge is 0.239 e. The first kappa shape index (κ1) is 12.5. The maximum atomic E-state index is 12.9. The van der Waals surface area contributed by atoms with Gasteiger partial charge in [0.1, 0.15) is 16.5 Å². The third-order valence-corrected chi connectivity index (χ3v) is 2.95. The highest BCUT2D eigenvalue weighted by atomic mass is 32.2. The van der Waals surface area contributed by atoms with E-state index in [1.54, 1.807) is 6.07 Å². The molecular weight excluding hydrogens is 259 g/mol. The Hall–Kier alpha value is -1.99. The molecule has 5 nitrogen and oxygen atoms in total. The van der Waals surface area contributed by atoms with E-state index in [2.05, 4.69) is 4.98 Å². The number of benzene rings is 1. The SMILES string of the molecule is NS(=O)(=O)c1ccc(Oc2cccc(F)c2)nc1. The van der Waals surface area contributed by atoms with Crippen LogP contribution in [-0.4, -0.2) is 13.4 Å². The summed E-state index contributed by atoms with van der Waals surface area (Å²) in [5.74, 6) is -0.0208. The van der Waals surface area contributed by atoms with Crippen molar-refractivity contribution in [2.75, 3.05) is 0 Å². The van der Waals surface area contributed by atoms with E-state index in [4.69, 9.17) is 9.88 Å². The van der Waals surface area contributed by atoms with E-state index in [1.165, 1.54) is 30.3 Å². The van der Waals surface area contributed by atoms with E-state index in [-0.39, 0.29) is 16.5 Å². The van der Waals surface area contributed by atoms with Gasteiger partial charge in [0.25, 0.3) is 0 Å². The Bertz CT molecular complexity index is 656. The number of halogens is 1. The molecule has 7 heteroatoms. The van der Waals surface area contributed by atoms with Crippen molar-refractivity contribution in [3.63, 3.8) is 0 Å². The fourth-order valence-corrected chi connectivity index (χ4v) is 1.70. The predicted octanol–water partition coefficient (Wildman–Crippen LogP) is 1.66. The number of hydrogen-bond acceptors (Lipinski definition) is 4. The molecule has 1 heterocycles. The quantitative estimate of drug-likeness (QED) is 0.917. The fraction of sp³-hybridized carbons (Fsp3) is 0. The Balaban J connectivity index is 2.21. The minimum atomic E-state index is -3.78. The van der Waals surface area contributed by atoms with Gasteiger partial charge in [-0.15, -0.1) is 0 Å². The molecule has 0 radical (unpaired) electrons. The fourth-order valence-electron chi connectivity index (χ4n) is 1.25. The third-order valence-electron chi connectivity index (χ3n) is 2.06. The molecule has 0 aliphatic heterocycles. The lowest BCUT2D eigenvalue weighted by atomic mass is 10.3. The molecule has 0 aliphatic carbocycles. The van der Waals surface area contributed by atoms with Gasteiger partial charge in [-0.2, -0.15) is 0 Å². The summed E-state index contributed by atoms with van der Waals surface area (Å²) in [4.78, 5) is 3.65. The molecule has 0 saturated heterocycles. The summed E-state index contributed by atoms with van der Waals surface area (Å²) in [6, 6.07) is 8.11. The van der Waals surface area contributed by atoms with Crippen molar-refractivity contribution in [1.29, 1.82) is 0 Å². The minimum Gasteiger partial charge on any atom is -0.439 e. The molecule has 2 N–H and O–H groups in total. The van der Waals surface area contributed by atoms with Crippen LogP contribution in [0.1, 0.15) is 0 Å². The lowest BCUT2D eigenvalue weighted by Gasteiger charge is -2.04. The number of rotatable bonds is 3. The number of hydrogen-bond donors (Lipinski definition) is 1. The summed E-state index contributed by atoms with van der Waals surface area (Å²) in [6.45, 7) is 0. The molecule has 0 amide bonds. The number of pyridine rings is 1. The summed E-state index contributed by atoms with van der Waals surface area (Å²) < 4.78 is 40.1. The van der Waals surface area contributed by atoms with Crippen LogP contribution in [0.4, 0.5) is 4.39 Å². The van der Waals surface area contributed by atoms with Gasteiger partial charge in [-0.25, -0.2) is 22.9 Å². The van der Waals surface area contributed by atoms with Crippen molar-refractivity contribution in [3.8, 4) is 11.6 Å². The monoisotopic (exact) mass is 268 g/mol. The minimum absolute atomic E-state index is 0.117. The van der Waals surface area contributed by atoms with Gasteiger partial charge in [0.05, 0.1) is 6.20 Å². The van der Waals surface area contributed by atoms with Gasteiger partial charge in [-0.3, -0.25) is 0 Å². The average Bonchev–Trinajstić information content (AvgIpc) is 2.28. The van der Waals surface area contributed by atoms with Crippen molar-refractivity contribution in [2.24, 2.45) is 5.14 Å². The highest BCUT2D eigenvalue weighted by Crippen LogP contribution is 2.20. The van der Waals surface area contributed by atoms with E-state index in [9.17, 15) is 12.8 Å². The molecule has 0 bridgehead atoms. The van der Waals surface area contributed by atoms with E-state index >= 15 is 0 Å². The number of aromatic nitrogens is 1. The van der Waals surface area contributed by atoms with Gasteiger partial charge in [0, 0.05) is 12.1 Å². The first-order chi connectivity index (χ1) is 8.45. The molecule has 0 atom stereocenters. The average molecular weight is 268 g/mol. The summed E-state index contributed by atoms with van der Waals surface area (Å²) in [7, 11) is -3.78. The van der Waals surface area contributed by atoms with E-state index in [1.807, 2.05) is 0 Å². The summed E-state index contributed by atoms with van der Waals surface area (Å²) in [6.07, 6.45) is 1.07. The molecule has 2 aromatic rings. The van der Waals surface area contributed by atoms with Gasteiger partial charge in [0.15, 0.2) is 0 Å². The lowest BCUT2D eigenvalue weighted by Crippen LogP contribution is -2.12. The van der Waals surface area contributed by atoms with Gasteiger partial charge < -0.3 is 4.74 Å². The van der Waals surface area contributed by atoms with Crippen LogP contribution in [0.3, 0.4) is 0 Å². The Labute approximate surface area is 103 Å². The highest BCUT2D eigenvalue weighted by Gasteiger charge is 2.08. The second-order valence-electron chi connectivity index (χ2n) is 3.44. The Morgan fingerprint density at radius 1 is 1.22 bits per heavy atom. The molecule has 1 aromatic carbocycles. The van der Waals surface area contributed by atoms with Crippen molar-refractivity contribution in [1.82, 2.24) is 4.98 Å². The van der Waals surface area contributed by atoms with Crippen molar-refractivity contribution in [2.45, 2.75) is 4.90 Å². The van der Waals surface area contributed by atoms with E-state index in [0.717, 1.165) is 6.20 Å². The van der Waals surface area contributed by atoms with Gasteiger partial charge in [-0.05, 0) is 18.2 Å². The Kier molecular flexibility index (Phi) is 3.26. The molecule has 0 unspecified atom stereocenters. The highest BCUT2D eigenvalue weighted by molar-refractivity contribution is 7.89. The maximum absolute atomic E-state index is 12.9. The zero-order chi connectivity index (χ0) is 13.2. The van der Waals surface area contributed by atoms with Gasteiger partial charge >= 0.3 is 0 Å². The Morgan fingerprint density at radius 3 is 2.56 bits per heavy atom. The topological polar surface area (TPSA) is 82.3 Å². The number of primary sulfonamides is 1. The molecule has 0 saturated carbocycles. The molecule has 0 fully saturated rings. The molecule has 2 rings (SSSR count). The molecule has 0 aliphatic rings. The van der Waals surface area contributed by atoms with Crippen molar-refractivity contribution in [3.05, 3.63) is 48.4 Å². The molecule has 94 valence electrons. The lowest BCUT2D eigenvalue weighted by molar-refractivity contribution is 0.457. The molecular formula is C11H9FN2O3S. The van der Waals surface area contributed by atoms with Crippen LogP contribution in [0.15, 0.2) is 47.5 Å². The number of ether oxygens (including phenoxy) is 1. The second kappa shape index (κ2) is 4.71. The van der Waals surface area contributed by atoms with E-state index in [0.29, 0.717) is 0 Å². The van der Waals surface area contributed by atoms with Crippen LogP contribution in [0.25, 0.3) is 0 Å². The van der Waals surface area contributed by atoms with Crippen LogP contribution in [0, 0.1) is 5.82 Å². The van der Waals surface area contributed by atoms with Crippen LogP contribution in [0.2, 0.25) is 0 Å². The van der Waals surface area contributed by atoms with Crippen LogP contribution in [0.5, 0.6) is 11.6 Å². The standard InChI is InChI=1S/C11H9FN2O3S/c12-8-2-1-3-9(6-8)17-11-5-4-10(7-14-11)18(13,15)16/h1-7H,(H2,13,15,16). The number of nitrogens with zero attached hydrogens (tertiary/aromatic N) is 1. The first-order valence-corrected chi connectivity index (χ1v) is 6.42. The van der Waals surface area contributed by atoms with Gasteiger partial charge in [0.2, 0.25) is 15.9 Å². The van der Waals surface area contributed by atoms with Crippen LogP contribution < -0.4 is 9.88 Å². The molecule has 1 aromatic heterocycles. The number of nitrogens with two attached hydrogens (primary N) is 1. The normalized spacial score (nSPS) is 11.2. The van der Waals surface area contributed by atoms with Gasteiger partial charge in [-0.1, -0.05) is 6.07 Å². The zero-order valence-corrected chi connectivity index (χ0v) is 9.89. The molecule has 18 heavy (non-hydrogen) atoms. The van der Waals surface area contributed by atoms with Crippen LogP contribution in [-0.2, 0) is 10.0 Å². The van der Waals surface area contributed by atoms with Crippen molar-refractivity contribution < 1.29 is 17.5 Å². The third kappa shape index (κ3) is 3.02. The van der Waals surface area contributed by atoms with E-state index < -0.39 is 15.8 Å². The van der Waals surface area contributed by atoms with Crippen molar-refractivity contribution >= 4 is 10.0 Å². The molecule has 0 spiro atoms. The Morgan fingerprint density at radius 2 is 2.00 bits per heavy atom. The summed E-state index contributed by atoms with van der Waals surface area (Å²) in [5, 5.41) is 4.92. The maximum Gasteiger partial charge on any atom is 0.239 e. The number of sulfonamides is 1. The summed E-state index contributed by atoms with van der Waals surface area (Å²) >= 11 is 0. The largest absolute Gasteiger partial charge is 0.439 e.